The molecule has 1 aliphatic heterocycles. The molecular formula is C24H39N5O. The van der Waals surface area contributed by atoms with Gasteiger partial charge in [-0.3, -0.25) is 14.7 Å². The summed E-state index contributed by atoms with van der Waals surface area (Å²) in [7, 11) is 5.54. The second-order valence-corrected chi connectivity index (χ2v) is 9.15. The van der Waals surface area contributed by atoms with Crippen molar-refractivity contribution in [3.63, 3.8) is 0 Å². The predicted molar refractivity (Wildman–Crippen MR) is 124 cm³/mol. The van der Waals surface area contributed by atoms with E-state index in [2.05, 4.69) is 57.8 Å². The van der Waals surface area contributed by atoms with Crippen molar-refractivity contribution < 1.29 is 4.79 Å². The summed E-state index contributed by atoms with van der Waals surface area (Å²) in [6.07, 6.45) is 6.38. The molecule has 1 aromatic rings. The van der Waals surface area contributed by atoms with E-state index in [0.29, 0.717) is 18.6 Å². The summed E-state index contributed by atoms with van der Waals surface area (Å²) in [6, 6.07) is 11.6. The molecule has 1 aliphatic carbocycles. The smallest absolute Gasteiger partial charge is 0.230 e. The minimum atomic E-state index is -0.282. The first-order valence-electron chi connectivity index (χ1n) is 11.4. The van der Waals surface area contributed by atoms with E-state index in [9.17, 15) is 4.79 Å². The minimum Gasteiger partial charge on any atom is -0.355 e. The van der Waals surface area contributed by atoms with Gasteiger partial charge in [0.25, 0.3) is 0 Å². The first-order chi connectivity index (χ1) is 14.4. The molecule has 1 amide bonds. The molecule has 0 aromatic heterocycles. The predicted octanol–water partition coefficient (Wildman–Crippen LogP) is 3.03. The van der Waals surface area contributed by atoms with Gasteiger partial charge < -0.3 is 15.5 Å². The molecule has 1 aromatic carbocycles. The molecule has 2 aliphatic rings. The fourth-order valence-electron chi connectivity index (χ4n) is 5.01. The molecule has 0 radical (unpaired) electrons. The first-order valence-corrected chi connectivity index (χ1v) is 11.4. The van der Waals surface area contributed by atoms with Crippen LogP contribution < -0.4 is 10.6 Å². The number of nitrogens with zero attached hydrogens (tertiary/aromatic N) is 3. The molecule has 3 rings (SSSR count). The lowest BCUT2D eigenvalue weighted by molar-refractivity contribution is -0.138. The van der Waals surface area contributed by atoms with E-state index in [1.54, 1.807) is 4.90 Å². The standard InChI is InChI=1S/C24H39N5O/c1-19(20-10-6-5-7-11-20)29-16-12-21(13-17-29)27-23(25-2)26-18-24(14-8-9-15-24)22(30)28(3)4/h5-7,10-11,19,21H,8-9,12-18H2,1-4H3,(H2,25,26,27). The van der Waals surface area contributed by atoms with Crippen LogP contribution in [0.3, 0.4) is 0 Å². The van der Waals surface area contributed by atoms with Crippen molar-refractivity contribution in [2.45, 2.75) is 57.5 Å². The zero-order valence-electron chi connectivity index (χ0n) is 19.2. The average molecular weight is 414 g/mol. The van der Waals surface area contributed by atoms with Gasteiger partial charge in [0.05, 0.1) is 5.41 Å². The lowest BCUT2D eigenvalue weighted by Crippen LogP contribution is -2.52. The highest BCUT2D eigenvalue weighted by Gasteiger charge is 2.42. The van der Waals surface area contributed by atoms with Crippen LogP contribution in [0, 0.1) is 5.41 Å². The monoisotopic (exact) mass is 413 g/mol. The van der Waals surface area contributed by atoms with E-state index in [1.807, 2.05) is 21.1 Å². The fourth-order valence-corrected chi connectivity index (χ4v) is 5.01. The Morgan fingerprint density at radius 2 is 1.83 bits per heavy atom. The molecule has 1 unspecified atom stereocenters. The van der Waals surface area contributed by atoms with Crippen molar-refractivity contribution >= 4 is 11.9 Å². The van der Waals surface area contributed by atoms with Crippen molar-refractivity contribution in [1.29, 1.82) is 0 Å². The maximum Gasteiger partial charge on any atom is 0.230 e. The van der Waals surface area contributed by atoms with Crippen LogP contribution in [0.2, 0.25) is 0 Å². The van der Waals surface area contributed by atoms with Gasteiger partial charge >= 0.3 is 0 Å². The van der Waals surface area contributed by atoms with Crippen molar-refractivity contribution in [3.8, 4) is 0 Å². The number of hydrogen-bond acceptors (Lipinski definition) is 3. The van der Waals surface area contributed by atoms with Crippen LogP contribution in [0.25, 0.3) is 0 Å². The van der Waals surface area contributed by atoms with Crippen molar-refractivity contribution in [3.05, 3.63) is 35.9 Å². The van der Waals surface area contributed by atoms with Crippen LogP contribution in [-0.2, 0) is 4.79 Å². The van der Waals surface area contributed by atoms with Gasteiger partial charge in [0.15, 0.2) is 5.96 Å². The Balaban J connectivity index is 1.49. The molecule has 2 N–H and O–H groups in total. The third-order valence-corrected chi connectivity index (χ3v) is 6.94. The highest BCUT2D eigenvalue weighted by Crippen LogP contribution is 2.38. The number of hydrogen-bond donors (Lipinski definition) is 2. The highest BCUT2D eigenvalue weighted by molar-refractivity contribution is 5.85. The minimum absolute atomic E-state index is 0.242. The molecular weight excluding hydrogens is 374 g/mol. The van der Waals surface area contributed by atoms with Crippen LogP contribution in [0.5, 0.6) is 0 Å². The number of piperidine rings is 1. The number of aliphatic imine (C=N–C) groups is 1. The Morgan fingerprint density at radius 3 is 2.40 bits per heavy atom. The molecule has 0 spiro atoms. The quantitative estimate of drug-likeness (QED) is 0.556. The molecule has 1 heterocycles. The summed E-state index contributed by atoms with van der Waals surface area (Å²) in [4.78, 5) is 21.5. The summed E-state index contributed by atoms with van der Waals surface area (Å²) < 4.78 is 0. The van der Waals surface area contributed by atoms with Crippen molar-refractivity contribution in [2.24, 2.45) is 10.4 Å². The number of carbonyl (C=O) groups excluding carboxylic acids is 1. The number of benzene rings is 1. The van der Waals surface area contributed by atoms with E-state index in [-0.39, 0.29) is 11.3 Å². The Kier molecular flexibility index (Phi) is 7.75. The van der Waals surface area contributed by atoms with Crippen LogP contribution in [0.4, 0.5) is 0 Å². The van der Waals surface area contributed by atoms with Crippen LogP contribution in [0.1, 0.15) is 57.1 Å². The molecule has 0 bridgehead atoms. The van der Waals surface area contributed by atoms with E-state index in [4.69, 9.17) is 0 Å². The first kappa shape index (κ1) is 22.6. The third kappa shape index (κ3) is 5.34. The summed E-state index contributed by atoms with van der Waals surface area (Å²) in [5, 5.41) is 7.07. The number of amides is 1. The second kappa shape index (κ2) is 10.3. The maximum atomic E-state index is 12.8. The normalized spacial score (nSPS) is 21.3. The number of guanidine groups is 1. The van der Waals surface area contributed by atoms with Crippen LogP contribution >= 0.6 is 0 Å². The van der Waals surface area contributed by atoms with E-state index >= 15 is 0 Å². The van der Waals surface area contributed by atoms with Crippen LogP contribution in [0.15, 0.2) is 35.3 Å². The molecule has 30 heavy (non-hydrogen) atoms. The van der Waals surface area contributed by atoms with Crippen LogP contribution in [-0.4, -0.2) is 68.5 Å². The number of nitrogens with one attached hydrogen (secondary N) is 2. The largest absolute Gasteiger partial charge is 0.355 e. The van der Waals surface area contributed by atoms with Gasteiger partial charge in [-0.25, -0.2) is 0 Å². The molecule has 6 heteroatoms. The van der Waals surface area contributed by atoms with Crippen molar-refractivity contribution in [2.75, 3.05) is 40.8 Å². The SMILES string of the molecule is CN=C(NCC1(C(=O)N(C)C)CCCC1)NC1CCN(C(C)c2ccccc2)CC1. The van der Waals surface area contributed by atoms with Gasteiger partial charge in [-0.15, -0.1) is 0 Å². The van der Waals surface area contributed by atoms with E-state index < -0.39 is 0 Å². The molecule has 1 atom stereocenters. The van der Waals surface area contributed by atoms with E-state index in [1.165, 1.54) is 5.56 Å². The lowest BCUT2D eigenvalue weighted by atomic mass is 9.84. The molecule has 166 valence electrons. The van der Waals surface area contributed by atoms with Gasteiger partial charge in [-0.1, -0.05) is 43.2 Å². The highest BCUT2D eigenvalue weighted by atomic mass is 16.2. The molecule has 1 saturated heterocycles. The van der Waals surface area contributed by atoms with Gasteiger partial charge in [0.2, 0.25) is 5.91 Å². The van der Waals surface area contributed by atoms with Gasteiger partial charge in [-0.05, 0) is 38.2 Å². The Morgan fingerprint density at radius 1 is 1.20 bits per heavy atom. The fraction of sp³-hybridized carbons (Fsp3) is 0.667. The summed E-state index contributed by atoms with van der Waals surface area (Å²) >= 11 is 0. The Hall–Kier alpha value is -2.08. The summed E-state index contributed by atoms with van der Waals surface area (Å²) in [5.74, 6) is 1.06. The number of carbonyl (C=O) groups is 1. The van der Waals surface area contributed by atoms with E-state index in [0.717, 1.165) is 57.6 Å². The van der Waals surface area contributed by atoms with Gasteiger partial charge in [0.1, 0.15) is 0 Å². The topological polar surface area (TPSA) is 60.0 Å². The second-order valence-electron chi connectivity index (χ2n) is 9.15. The van der Waals surface area contributed by atoms with Crippen molar-refractivity contribution in [1.82, 2.24) is 20.4 Å². The van der Waals surface area contributed by atoms with Gasteiger partial charge in [0, 0.05) is 52.9 Å². The zero-order valence-corrected chi connectivity index (χ0v) is 19.2. The molecule has 6 nitrogen and oxygen atoms in total. The third-order valence-electron chi connectivity index (χ3n) is 6.94. The Labute approximate surface area is 182 Å². The number of rotatable bonds is 6. The average Bonchev–Trinajstić information content (AvgIpc) is 3.26. The molecule has 2 fully saturated rings. The summed E-state index contributed by atoms with van der Waals surface area (Å²) in [5.41, 5.74) is 1.10. The lowest BCUT2D eigenvalue weighted by Gasteiger charge is -2.37. The number of likely N-dealkylation sites (tertiary alicyclic amines) is 1. The molecule has 1 saturated carbocycles. The van der Waals surface area contributed by atoms with Gasteiger partial charge in [-0.2, -0.15) is 0 Å². The zero-order chi connectivity index (χ0) is 21.6. The maximum absolute atomic E-state index is 12.8. The Bertz CT molecular complexity index is 704. The summed E-state index contributed by atoms with van der Waals surface area (Å²) in [6.45, 7) is 5.11.